The third kappa shape index (κ3) is 2.78. The Morgan fingerprint density at radius 1 is 1.31 bits per heavy atom. The van der Waals surface area contributed by atoms with Crippen LogP contribution >= 0.6 is 0 Å². The van der Waals surface area contributed by atoms with Gasteiger partial charge in [-0.2, -0.15) is 0 Å². The van der Waals surface area contributed by atoms with E-state index in [4.69, 9.17) is 4.74 Å². The van der Waals surface area contributed by atoms with Crippen LogP contribution in [-0.4, -0.2) is 25.3 Å². The van der Waals surface area contributed by atoms with Crippen molar-refractivity contribution in [3.05, 3.63) is 0 Å². The maximum Gasteiger partial charge on any atom is 0.0618 e. The summed E-state index contributed by atoms with van der Waals surface area (Å²) in [6.07, 6.45) is 4.16. The molecule has 1 aliphatic heterocycles. The van der Waals surface area contributed by atoms with E-state index in [-0.39, 0.29) is 0 Å². The fourth-order valence-corrected chi connectivity index (χ4v) is 3.20. The maximum atomic E-state index is 5.85. The van der Waals surface area contributed by atoms with E-state index in [9.17, 15) is 0 Å². The van der Waals surface area contributed by atoms with E-state index in [1.807, 2.05) is 0 Å². The second-order valence-corrected chi connectivity index (χ2v) is 5.55. The van der Waals surface area contributed by atoms with E-state index >= 15 is 0 Å². The minimum absolute atomic E-state index is 0.369. The molecule has 2 atom stereocenters. The molecule has 1 N–H and O–H groups in total. The minimum Gasteiger partial charge on any atom is -0.378 e. The molecule has 0 saturated carbocycles. The van der Waals surface area contributed by atoms with Crippen LogP contribution in [0, 0.1) is 11.3 Å². The topological polar surface area (TPSA) is 21.3 Å². The summed E-state index contributed by atoms with van der Waals surface area (Å²) >= 11 is 0. The third-order valence-electron chi connectivity index (χ3n) is 4.38. The second kappa shape index (κ2) is 6.02. The number of nitrogens with one attached hydrogen (secondary N) is 1. The van der Waals surface area contributed by atoms with Crippen LogP contribution < -0.4 is 5.32 Å². The Morgan fingerprint density at radius 2 is 1.94 bits per heavy atom. The van der Waals surface area contributed by atoms with Crippen molar-refractivity contribution in [2.45, 2.75) is 66.0 Å². The fourth-order valence-electron chi connectivity index (χ4n) is 3.20. The van der Waals surface area contributed by atoms with Gasteiger partial charge in [0.1, 0.15) is 0 Å². The highest BCUT2D eigenvalue weighted by Crippen LogP contribution is 2.44. The van der Waals surface area contributed by atoms with Gasteiger partial charge >= 0.3 is 0 Å². The minimum atomic E-state index is 0.369. The van der Waals surface area contributed by atoms with E-state index in [0.29, 0.717) is 17.6 Å². The van der Waals surface area contributed by atoms with Crippen LogP contribution in [0.5, 0.6) is 0 Å². The lowest BCUT2D eigenvalue weighted by atomic mass is 9.68. The number of hydrogen-bond acceptors (Lipinski definition) is 2. The van der Waals surface area contributed by atoms with Gasteiger partial charge in [-0.05, 0) is 19.3 Å². The van der Waals surface area contributed by atoms with Gasteiger partial charge in [-0.3, -0.25) is 0 Å². The van der Waals surface area contributed by atoms with Gasteiger partial charge in [0.15, 0.2) is 0 Å². The van der Waals surface area contributed by atoms with Crippen LogP contribution in [-0.2, 0) is 4.74 Å². The van der Waals surface area contributed by atoms with E-state index in [1.54, 1.807) is 0 Å². The molecular formula is C14H29NO. The molecule has 0 aliphatic carbocycles. The molecule has 1 rings (SSSR count). The van der Waals surface area contributed by atoms with Gasteiger partial charge in [-0.25, -0.2) is 0 Å². The molecule has 0 aromatic heterocycles. The first-order valence-corrected chi connectivity index (χ1v) is 6.91. The monoisotopic (exact) mass is 227 g/mol. The Labute approximate surface area is 101 Å². The van der Waals surface area contributed by atoms with Crippen molar-refractivity contribution in [1.82, 2.24) is 5.32 Å². The molecule has 1 saturated heterocycles. The highest BCUT2D eigenvalue weighted by Gasteiger charge is 2.45. The summed E-state index contributed by atoms with van der Waals surface area (Å²) in [4.78, 5) is 0. The fraction of sp³-hybridized carbons (Fsp3) is 1.00. The molecule has 0 amide bonds. The van der Waals surface area contributed by atoms with E-state index < -0.39 is 0 Å². The summed E-state index contributed by atoms with van der Waals surface area (Å²) in [6, 6.07) is 0.569. The largest absolute Gasteiger partial charge is 0.378 e. The summed E-state index contributed by atoms with van der Waals surface area (Å²) < 4.78 is 5.85. The van der Waals surface area contributed by atoms with Crippen LogP contribution in [0.3, 0.4) is 0 Å². The summed E-state index contributed by atoms with van der Waals surface area (Å²) in [7, 11) is 0. The Morgan fingerprint density at radius 3 is 2.31 bits per heavy atom. The molecule has 0 aromatic carbocycles. The van der Waals surface area contributed by atoms with Crippen molar-refractivity contribution in [1.29, 1.82) is 0 Å². The molecule has 0 radical (unpaired) electrons. The Kier molecular flexibility index (Phi) is 5.26. The van der Waals surface area contributed by atoms with Crippen LogP contribution in [0.4, 0.5) is 0 Å². The zero-order chi connectivity index (χ0) is 12.2. The lowest BCUT2D eigenvalue weighted by Crippen LogP contribution is -2.46. The van der Waals surface area contributed by atoms with Gasteiger partial charge in [0.2, 0.25) is 0 Å². The predicted molar refractivity (Wildman–Crippen MR) is 69.7 cm³/mol. The van der Waals surface area contributed by atoms with Crippen molar-refractivity contribution in [3.63, 3.8) is 0 Å². The van der Waals surface area contributed by atoms with Gasteiger partial charge in [-0.15, -0.1) is 0 Å². The van der Waals surface area contributed by atoms with Crippen LogP contribution in [0.15, 0.2) is 0 Å². The first-order valence-electron chi connectivity index (χ1n) is 6.91. The van der Waals surface area contributed by atoms with Crippen molar-refractivity contribution in [2.24, 2.45) is 11.3 Å². The SMILES string of the molecule is CCC(CC)C1(CNC(C)C)CCOC1C. The van der Waals surface area contributed by atoms with Gasteiger partial charge in [-0.1, -0.05) is 40.5 Å². The summed E-state index contributed by atoms with van der Waals surface area (Å²) in [5.41, 5.74) is 0.369. The average molecular weight is 227 g/mol. The van der Waals surface area contributed by atoms with E-state index in [1.165, 1.54) is 19.3 Å². The van der Waals surface area contributed by atoms with Gasteiger partial charge in [0.05, 0.1) is 6.10 Å². The van der Waals surface area contributed by atoms with E-state index in [0.717, 1.165) is 19.1 Å². The molecular weight excluding hydrogens is 198 g/mol. The number of hydrogen-bond donors (Lipinski definition) is 1. The molecule has 0 spiro atoms. The Hall–Kier alpha value is -0.0800. The molecule has 96 valence electrons. The molecule has 1 fully saturated rings. The van der Waals surface area contributed by atoms with Crippen molar-refractivity contribution in [2.75, 3.05) is 13.2 Å². The molecule has 16 heavy (non-hydrogen) atoms. The zero-order valence-corrected chi connectivity index (χ0v) is 11.7. The van der Waals surface area contributed by atoms with E-state index in [2.05, 4.69) is 39.9 Å². The van der Waals surface area contributed by atoms with Crippen LogP contribution in [0.1, 0.15) is 53.9 Å². The molecule has 2 heteroatoms. The van der Waals surface area contributed by atoms with Crippen LogP contribution in [0.25, 0.3) is 0 Å². The summed E-state index contributed by atoms with van der Waals surface area (Å²) in [6.45, 7) is 13.4. The van der Waals surface area contributed by atoms with Crippen LogP contribution in [0.2, 0.25) is 0 Å². The highest BCUT2D eigenvalue weighted by atomic mass is 16.5. The first kappa shape index (κ1) is 14.0. The van der Waals surface area contributed by atoms with Gasteiger partial charge in [0, 0.05) is 24.6 Å². The number of rotatable bonds is 6. The lowest BCUT2D eigenvalue weighted by molar-refractivity contribution is 0.0234. The van der Waals surface area contributed by atoms with Gasteiger partial charge in [0.25, 0.3) is 0 Å². The molecule has 0 bridgehead atoms. The smallest absolute Gasteiger partial charge is 0.0618 e. The molecule has 1 heterocycles. The molecule has 1 aliphatic rings. The standard InChI is InChI=1S/C14H29NO/c1-6-13(7-2)14(10-15-11(3)4)8-9-16-12(14)5/h11-13,15H,6-10H2,1-5H3. The normalized spacial score (nSPS) is 30.6. The highest BCUT2D eigenvalue weighted by molar-refractivity contribution is 4.96. The Bertz CT molecular complexity index is 201. The molecule has 2 nitrogen and oxygen atoms in total. The predicted octanol–water partition coefficient (Wildman–Crippen LogP) is 3.22. The maximum absolute atomic E-state index is 5.85. The Balaban J connectivity index is 2.75. The molecule has 2 unspecified atom stereocenters. The first-order chi connectivity index (χ1) is 7.56. The average Bonchev–Trinajstić information content (AvgIpc) is 2.60. The second-order valence-electron chi connectivity index (χ2n) is 5.55. The lowest BCUT2D eigenvalue weighted by Gasteiger charge is -2.40. The van der Waals surface area contributed by atoms with Gasteiger partial charge < -0.3 is 10.1 Å². The third-order valence-corrected chi connectivity index (χ3v) is 4.38. The summed E-state index contributed by atoms with van der Waals surface area (Å²) in [5, 5.41) is 3.63. The van der Waals surface area contributed by atoms with Crippen molar-refractivity contribution < 1.29 is 4.74 Å². The van der Waals surface area contributed by atoms with Crippen molar-refractivity contribution in [3.8, 4) is 0 Å². The summed E-state index contributed by atoms with van der Waals surface area (Å²) in [5.74, 6) is 0.788. The quantitative estimate of drug-likeness (QED) is 0.752. The molecule has 0 aromatic rings. The van der Waals surface area contributed by atoms with Crippen molar-refractivity contribution >= 4 is 0 Å². The zero-order valence-electron chi connectivity index (χ0n) is 11.7. The number of ether oxygens (including phenoxy) is 1.